The van der Waals surface area contributed by atoms with Crippen molar-refractivity contribution in [1.82, 2.24) is 4.90 Å². The van der Waals surface area contributed by atoms with Crippen LogP contribution < -0.4 is 4.74 Å². The van der Waals surface area contributed by atoms with Gasteiger partial charge in [-0.15, -0.1) is 0 Å². The van der Waals surface area contributed by atoms with Gasteiger partial charge in [0.2, 0.25) is 0 Å². The number of hydrogen-bond acceptors (Lipinski definition) is 4. The quantitative estimate of drug-likeness (QED) is 0.888. The van der Waals surface area contributed by atoms with Crippen LogP contribution in [-0.4, -0.2) is 54.9 Å². The smallest absolute Gasteiger partial charge is 0.323 e. The summed E-state index contributed by atoms with van der Waals surface area (Å²) < 4.78 is 10.7. The Balaban J connectivity index is 1.80. The van der Waals surface area contributed by atoms with E-state index in [1.54, 1.807) is 24.3 Å². The summed E-state index contributed by atoms with van der Waals surface area (Å²) in [4.78, 5) is 12.9. The number of nitrogens with zero attached hydrogens (tertiary/aromatic N) is 1. The lowest BCUT2D eigenvalue weighted by Crippen LogP contribution is -2.51. The van der Waals surface area contributed by atoms with Crippen molar-refractivity contribution in [2.45, 2.75) is 6.04 Å². The molecule has 1 atom stereocenters. The summed E-state index contributed by atoms with van der Waals surface area (Å²) in [6, 6.07) is 6.51. The highest BCUT2D eigenvalue weighted by Crippen LogP contribution is 2.15. The van der Waals surface area contributed by atoms with Crippen LogP contribution in [0.3, 0.4) is 0 Å². The third-order valence-corrected chi connectivity index (χ3v) is 3.24. The molecule has 0 amide bonds. The van der Waals surface area contributed by atoms with Gasteiger partial charge in [0.25, 0.3) is 0 Å². The van der Waals surface area contributed by atoms with Gasteiger partial charge in [-0.25, -0.2) is 0 Å². The zero-order valence-electron chi connectivity index (χ0n) is 10.4. The maximum atomic E-state index is 11.1. The standard InChI is InChI=1S/C13H16ClNO4/c14-10-1-3-11(4-2-10)19-8-6-15-5-7-18-9-12(15)13(16)17/h1-4,12H,5-9H2,(H,16,17). The monoisotopic (exact) mass is 285 g/mol. The Bertz CT molecular complexity index is 423. The summed E-state index contributed by atoms with van der Waals surface area (Å²) in [6.45, 7) is 2.40. The van der Waals surface area contributed by atoms with Gasteiger partial charge < -0.3 is 14.6 Å². The van der Waals surface area contributed by atoms with E-state index < -0.39 is 12.0 Å². The molecular formula is C13H16ClNO4. The molecule has 0 saturated carbocycles. The molecule has 1 fully saturated rings. The van der Waals surface area contributed by atoms with Gasteiger partial charge in [-0.3, -0.25) is 9.69 Å². The molecule has 19 heavy (non-hydrogen) atoms. The van der Waals surface area contributed by atoms with Gasteiger partial charge in [-0.05, 0) is 24.3 Å². The molecule has 1 aromatic carbocycles. The van der Waals surface area contributed by atoms with Gasteiger partial charge in [0.05, 0.1) is 13.2 Å². The molecule has 0 radical (unpaired) electrons. The largest absolute Gasteiger partial charge is 0.492 e. The maximum absolute atomic E-state index is 11.1. The minimum Gasteiger partial charge on any atom is -0.492 e. The minimum absolute atomic E-state index is 0.232. The van der Waals surface area contributed by atoms with Crippen molar-refractivity contribution in [2.24, 2.45) is 0 Å². The van der Waals surface area contributed by atoms with E-state index >= 15 is 0 Å². The lowest BCUT2D eigenvalue weighted by Gasteiger charge is -2.32. The van der Waals surface area contributed by atoms with Crippen LogP contribution in [0.25, 0.3) is 0 Å². The summed E-state index contributed by atoms with van der Waals surface area (Å²) in [5.41, 5.74) is 0. The van der Waals surface area contributed by atoms with Crippen molar-refractivity contribution >= 4 is 17.6 Å². The van der Waals surface area contributed by atoms with E-state index in [1.807, 2.05) is 4.90 Å². The first-order valence-corrected chi connectivity index (χ1v) is 6.47. The fourth-order valence-corrected chi connectivity index (χ4v) is 2.07. The zero-order valence-corrected chi connectivity index (χ0v) is 11.2. The van der Waals surface area contributed by atoms with Gasteiger partial charge in [0, 0.05) is 18.1 Å². The first-order chi connectivity index (χ1) is 9.16. The van der Waals surface area contributed by atoms with Crippen LogP contribution in [0.1, 0.15) is 0 Å². The van der Waals surface area contributed by atoms with Crippen molar-refractivity contribution in [1.29, 1.82) is 0 Å². The third kappa shape index (κ3) is 4.09. The highest BCUT2D eigenvalue weighted by Gasteiger charge is 2.28. The molecule has 1 aliphatic heterocycles. The Hall–Kier alpha value is -1.30. The Morgan fingerprint density at radius 2 is 2.21 bits per heavy atom. The first-order valence-electron chi connectivity index (χ1n) is 6.10. The Kier molecular flexibility index (Phi) is 5.01. The van der Waals surface area contributed by atoms with Gasteiger partial charge in [-0.1, -0.05) is 11.6 Å². The van der Waals surface area contributed by atoms with Crippen LogP contribution in [0.4, 0.5) is 0 Å². The zero-order chi connectivity index (χ0) is 13.7. The van der Waals surface area contributed by atoms with Gasteiger partial charge in [0.1, 0.15) is 18.4 Å². The number of morpholine rings is 1. The molecule has 2 rings (SSSR count). The number of carboxylic acid groups (broad SMARTS) is 1. The van der Waals surface area contributed by atoms with Crippen LogP contribution in [0.15, 0.2) is 24.3 Å². The fraction of sp³-hybridized carbons (Fsp3) is 0.462. The van der Waals surface area contributed by atoms with Crippen molar-refractivity contribution in [3.8, 4) is 5.75 Å². The Morgan fingerprint density at radius 3 is 2.89 bits per heavy atom. The summed E-state index contributed by atoms with van der Waals surface area (Å²) >= 11 is 5.78. The number of ether oxygens (including phenoxy) is 2. The maximum Gasteiger partial charge on any atom is 0.323 e. The van der Waals surface area contributed by atoms with Gasteiger partial charge >= 0.3 is 5.97 Å². The average molecular weight is 286 g/mol. The van der Waals surface area contributed by atoms with Crippen molar-refractivity contribution < 1.29 is 19.4 Å². The van der Waals surface area contributed by atoms with Crippen LogP contribution in [0.5, 0.6) is 5.75 Å². The SMILES string of the molecule is O=C(O)C1COCCN1CCOc1ccc(Cl)cc1. The van der Waals surface area contributed by atoms with E-state index in [2.05, 4.69) is 0 Å². The Morgan fingerprint density at radius 1 is 1.47 bits per heavy atom. The molecular weight excluding hydrogens is 270 g/mol. The molecule has 1 saturated heterocycles. The third-order valence-electron chi connectivity index (χ3n) is 2.99. The lowest BCUT2D eigenvalue weighted by molar-refractivity contribution is -0.149. The van der Waals surface area contributed by atoms with Crippen LogP contribution >= 0.6 is 11.6 Å². The molecule has 1 N–H and O–H groups in total. The number of carbonyl (C=O) groups is 1. The number of halogens is 1. The van der Waals surface area contributed by atoms with Crippen molar-refractivity contribution in [3.05, 3.63) is 29.3 Å². The number of aliphatic carboxylic acids is 1. The summed E-state index contributed by atoms with van der Waals surface area (Å²) in [6.07, 6.45) is 0. The molecule has 1 aliphatic rings. The van der Waals surface area contributed by atoms with E-state index in [0.717, 1.165) is 5.75 Å². The van der Waals surface area contributed by atoms with E-state index in [1.165, 1.54) is 0 Å². The molecule has 0 bridgehead atoms. The molecule has 0 aliphatic carbocycles. The number of rotatable bonds is 5. The Labute approximate surface area is 116 Å². The van der Waals surface area contributed by atoms with E-state index in [-0.39, 0.29) is 6.61 Å². The van der Waals surface area contributed by atoms with Crippen LogP contribution in [-0.2, 0) is 9.53 Å². The van der Waals surface area contributed by atoms with E-state index in [0.29, 0.717) is 31.3 Å². The second-order valence-corrected chi connectivity index (χ2v) is 4.70. The summed E-state index contributed by atoms with van der Waals surface area (Å²) in [5.74, 6) is -0.129. The summed E-state index contributed by atoms with van der Waals surface area (Å²) in [7, 11) is 0. The highest BCUT2D eigenvalue weighted by atomic mass is 35.5. The predicted octanol–water partition coefficient (Wildman–Crippen LogP) is 1.50. The molecule has 1 unspecified atom stereocenters. The molecule has 104 valence electrons. The average Bonchev–Trinajstić information content (AvgIpc) is 2.41. The molecule has 0 spiro atoms. The number of benzene rings is 1. The van der Waals surface area contributed by atoms with E-state index in [9.17, 15) is 4.79 Å². The molecule has 5 nitrogen and oxygen atoms in total. The minimum atomic E-state index is -0.855. The highest BCUT2D eigenvalue weighted by molar-refractivity contribution is 6.30. The van der Waals surface area contributed by atoms with Crippen LogP contribution in [0, 0.1) is 0 Å². The number of carboxylic acids is 1. The van der Waals surface area contributed by atoms with Crippen molar-refractivity contribution in [2.75, 3.05) is 32.9 Å². The molecule has 0 aromatic heterocycles. The molecule has 1 aromatic rings. The van der Waals surface area contributed by atoms with Crippen molar-refractivity contribution in [3.63, 3.8) is 0 Å². The van der Waals surface area contributed by atoms with Gasteiger partial charge in [0.15, 0.2) is 0 Å². The van der Waals surface area contributed by atoms with E-state index in [4.69, 9.17) is 26.2 Å². The van der Waals surface area contributed by atoms with Gasteiger partial charge in [-0.2, -0.15) is 0 Å². The normalized spacial score (nSPS) is 20.2. The topological polar surface area (TPSA) is 59.0 Å². The predicted molar refractivity (Wildman–Crippen MR) is 70.8 cm³/mol. The first kappa shape index (κ1) is 14.1. The molecule has 1 heterocycles. The lowest BCUT2D eigenvalue weighted by atomic mass is 10.2. The second kappa shape index (κ2) is 6.75. The summed E-state index contributed by atoms with van der Waals surface area (Å²) in [5, 5.41) is 9.74. The second-order valence-electron chi connectivity index (χ2n) is 4.27. The number of hydrogen-bond donors (Lipinski definition) is 1. The molecule has 6 heteroatoms. The fourth-order valence-electron chi connectivity index (χ4n) is 1.94. The van der Waals surface area contributed by atoms with Crippen LogP contribution in [0.2, 0.25) is 5.02 Å².